The largest absolute Gasteiger partial charge is 0.396 e. The number of rotatable bonds is 3. The van der Waals surface area contributed by atoms with Gasteiger partial charge < -0.3 is 11.1 Å². The van der Waals surface area contributed by atoms with Gasteiger partial charge in [-0.25, -0.2) is 4.98 Å². The molecule has 3 N–H and O–H groups in total. The molecule has 0 radical (unpaired) electrons. The van der Waals surface area contributed by atoms with Crippen LogP contribution >= 0.6 is 0 Å². The normalized spacial score (nSPS) is 21.2. The third-order valence-corrected chi connectivity index (χ3v) is 5.00. The van der Waals surface area contributed by atoms with Gasteiger partial charge in [0.1, 0.15) is 5.82 Å². The second-order valence-electron chi connectivity index (χ2n) is 6.27. The number of pyridine rings is 1. The average molecular weight is 233 g/mol. The Hall–Kier alpha value is -1.25. The van der Waals surface area contributed by atoms with Gasteiger partial charge in [-0.3, -0.25) is 0 Å². The molecule has 17 heavy (non-hydrogen) atoms. The predicted octanol–water partition coefficient (Wildman–Crippen LogP) is 3.07. The van der Waals surface area contributed by atoms with E-state index in [1.165, 1.54) is 0 Å². The fourth-order valence-corrected chi connectivity index (χ4v) is 2.75. The fraction of sp³-hybridized carbons (Fsp3) is 0.643. The average Bonchev–Trinajstić information content (AvgIpc) is 2.61. The number of nitrogens with two attached hydrogens (primary N) is 1. The number of nitrogen functional groups attached to an aromatic ring is 1. The summed E-state index contributed by atoms with van der Waals surface area (Å²) in [6, 6.07) is 1.94. The lowest BCUT2D eigenvalue weighted by atomic mass is 10.0. The van der Waals surface area contributed by atoms with Crippen molar-refractivity contribution in [3.8, 4) is 0 Å². The molecule has 0 spiro atoms. The van der Waals surface area contributed by atoms with Crippen LogP contribution in [0.3, 0.4) is 0 Å². The molecule has 1 aromatic rings. The molecule has 0 bridgehead atoms. The molecule has 0 aromatic carbocycles. The zero-order chi connectivity index (χ0) is 12.8. The van der Waals surface area contributed by atoms with E-state index in [-0.39, 0.29) is 0 Å². The van der Waals surface area contributed by atoms with Crippen LogP contribution < -0.4 is 11.1 Å². The maximum atomic E-state index is 6.00. The number of aryl methyl sites for hydroxylation is 1. The summed E-state index contributed by atoms with van der Waals surface area (Å²) in [7, 11) is 0. The summed E-state index contributed by atoms with van der Waals surface area (Å²) >= 11 is 0. The highest BCUT2D eigenvalue weighted by molar-refractivity contribution is 5.64. The second-order valence-corrected chi connectivity index (χ2v) is 6.27. The first-order valence-corrected chi connectivity index (χ1v) is 6.23. The Morgan fingerprint density at radius 3 is 2.41 bits per heavy atom. The van der Waals surface area contributed by atoms with E-state index in [1.54, 1.807) is 6.20 Å². The zero-order valence-corrected chi connectivity index (χ0v) is 11.5. The molecule has 0 amide bonds. The van der Waals surface area contributed by atoms with Crippen LogP contribution in [0.1, 0.15) is 33.3 Å². The molecule has 0 unspecified atom stereocenters. The highest BCUT2D eigenvalue weighted by atomic mass is 15.0. The molecule has 1 aromatic heterocycles. The minimum absolute atomic E-state index is 0.401. The lowest BCUT2D eigenvalue weighted by molar-refractivity contribution is 0.457. The first kappa shape index (κ1) is 12.2. The topological polar surface area (TPSA) is 50.9 Å². The van der Waals surface area contributed by atoms with Gasteiger partial charge in [-0.05, 0) is 35.3 Å². The van der Waals surface area contributed by atoms with E-state index in [0.29, 0.717) is 16.7 Å². The summed E-state index contributed by atoms with van der Waals surface area (Å²) in [4.78, 5) is 4.30. The molecule has 3 heteroatoms. The van der Waals surface area contributed by atoms with Gasteiger partial charge in [0.05, 0.1) is 5.69 Å². The van der Waals surface area contributed by atoms with E-state index in [1.807, 2.05) is 13.0 Å². The first-order valence-electron chi connectivity index (χ1n) is 6.23. The van der Waals surface area contributed by atoms with Gasteiger partial charge in [-0.2, -0.15) is 0 Å². The van der Waals surface area contributed by atoms with Crippen LogP contribution in [0.25, 0.3) is 0 Å². The molecule has 2 rings (SSSR count). The number of anilines is 2. The van der Waals surface area contributed by atoms with Crippen molar-refractivity contribution in [3.05, 3.63) is 17.8 Å². The van der Waals surface area contributed by atoms with Crippen molar-refractivity contribution in [2.24, 2.45) is 16.7 Å². The first-order chi connectivity index (χ1) is 7.78. The van der Waals surface area contributed by atoms with E-state index >= 15 is 0 Å². The van der Waals surface area contributed by atoms with Crippen LogP contribution in [0.5, 0.6) is 0 Å². The summed E-state index contributed by atoms with van der Waals surface area (Å²) in [5.41, 5.74) is 8.65. The Morgan fingerprint density at radius 1 is 1.29 bits per heavy atom. The van der Waals surface area contributed by atoms with Gasteiger partial charge in [0.15, 0.2) is 0 Å². The molecule has 1 heterocycles. The summed E-state index contributed by atoms with van der Waals surface area (Å²) in [5.74, 6) is 1.50. The maximum absolute atomic E-state index is 6.00. The lowest BCUT2D eigenvalue weighted by Crippen LogP contribution is -2.11. The molecular formula is C14H23N3. The van der Waals surface area contributed by atoms with Crippen LogP contribution in [0, 0.1) is 23.7 Å². The van der Waals surface area contributed by atoms with Crippen molar-refractivity contribution in [2.75, 3.05) is 17.6 Å². The molecule has 0 saturated heterocycles. The Morgan fingerprint density at radius 2 is 1.88 bits per heavy atom. The van der Waals surface area contributed by atoms with Crippen molar-refractivity contribution in [3.63, 3.8) is 0 Å². The Bertz CT molecular complexity index is 421. The van der Waals surface area contributed by atoms with Crippen LogP contribution in [0.2, 0.25) is 0 Å². The van der Waals surface area contributed by atoms with Crippen LogP contribution in [0.4, 0.5) is 11.5 Å². The van der Waals surface area contributed by atoms with E-state index in [4.69, 9.17) is 5.73 Å². The summed E-state index contributed by atoms with van der Waals surface area (Å²) in [6.45, 7) is 12.3. The highest BCUT2D eigenvalue weighted by Gasteiger charge is 2.64. The van der Waals surface area contributed by atoms with Crippen molar-refractivity contribution < 1.29 is 0 Å². The van der Waals surface area contributed by atoms with E-state index in [2.05, 4.69) is 38.0 Å². The number of nitrogens with one attached hydrogen (secondary N) is 1. The van der Waals surface area contributed by atoms with Gasteiger partial charge in [-0.15, -0.1) is 0 Å². The molecule has 1 saturated carbocycles. The third kappa shape index (κ3) is 1.78. The molecule has 1 fully saturated rings. The quantitative estimate of drug-likeness (QED) is 0.843. The molecule has 0 aliphatic heterocycles. The molecule has 1 aliphatic carbocycles. The van der Waals surface area contributed by atoms with Crippen LogP contribution in [0.15, 0.2) is 12.3 Å². The number of hydrogen-bond donors (Lipinski definition) is 2. The van der Waals surface area contributed by atoms with E-state index in [0.717, 1.165) is 23.6 Å². The Kier molecular flexibility index (Phi) is 2.60. The zero-order valence-electron chi connectivity index (χ0n) is 11.5. The number of nitrogens with zero attached hydrogens (tertiary/aromatic N) is 1. The molecule has 94 valence electrons. The maximum Gasteiger partial charge on any atom is 0.149 e. The second kappa shape index (κ2) is 3.62. The summed E-state index contributed by atoms with van der Waals surface area (Å²) in [5, 5.41) is 3.39. The monoisotopic (exact) mass is 233 g/mol. The van der Waals surface area contributed by atoms with Crippen molar-refractivity contribution >= 4 is 11.5 Å². The third-order valence-electron chi connectivity index (χ3n) is 5.00. The van der Waals surface area contributed by atoms with E-state index in [9.17, 15) is 0 Å². The van der Waals surface area contributed by atoms with E-state index < -0.39 is 0 Å². The lowest BCUT2D eigenvalue weighted by Gasteiger charge is -2.10. The fourth-order valence-electron chi connectivity index (χ4n) is 2.75. The predicted molar refractivity (Wildman–Crippen MR) is 72.9 cm³/mol. The van der Waals surface area contributed by atoms with Crippen molar-refractivity contribution in [1.29, 1.82) is 0 Å². The minimum Gasteiger partial charge on any atom is -0.396 e. The number of hydrogen-bond acceptors (Lipinski definition) is 3. The molecule has 0 atom stereocenters. The standard InChI is InChI=1S/C14H23N3/c1-9-6-7-16-12(11(9)15)17-8-10-13(2,3)14(10,4)5/h6-7,10H,8,15H2,1-5H3,(H,16,17). The molecule has 3 nitrogen and oxygen atoms in total. The van der Waals surface area contributed by atoms with Crippen LogP contribution in [-0.2, 0) is 0 Å². The Labute approximate surface area is 104 Å². The summed E-state index contributed by atoms with van der Waals surface area (Å²) < 4.78 is 0. The van der Waals surface area contributed by atoms with Crippen molar-refractivity contribution in [2.45, 2.75) is 34.6 Å². The molecular weight excluding hydrogens is 210 g/mol. The van der Waals surface area contributed by atoms with Gasteiger partial charge >= 0.3 is 0 Å². The van der Waals surface area contributed by atoms with Gasteiger partial charge in [0.2, 0.25) is 0 Å². The van der Waals surface area contributed by atoms with Crippen molar-refractivity contribution in [1.82, 2.24) is 4.98 Å². The van der Waals surface area contributed by atoms with Gasteiger partial charge in [-0.1, -0.05) is 27.7 Å². The SMILES string of the molecule is Cc1ccnc(NCC2C(C)(C)C2(C)C)c1N. The Balaban J connectivity index is 2.03. The summed E-state index contributed by atoms with van der Waals surface area (Å²) in [6.07, 6.45) is 1.80. The van der Waals surface area contributed by atoms with Gasteiger partial charge in [0.25, 0.3) is 0 Å². The minimum atomic E-state index is 0.401. The number of aromatic nitrogens is 1. The molecule has 1 aliphatic rings. The highest BCUT2D eigenvalue weighted by Crippen LogP contribution is 2.68. The van der Waals surface area contributed by atoms with Crippen LogP contribution in [-0.4, -0.2) is 11.5 Å². The smallest absolute Gasteiger partial charge is 0.149 e. The van der Waals surface area contributed by atoms with Gasteiger partial charge in [0, 0.05) is 12.7 Å².